The molecule has 0 fully saturated rings. The summed E-state index contributed by atoms with van der Waals surface area (Å²) >= 11 is 6.05. The minimum atomic E-state index is 0.358. The van der Waals surface area contributed by atoms with Gasteiger partial charge in [0.2, 0.25) is 0 Å². The SMILES string of the molecule is COc1c(Cl)cc2c(c1C#N)OCCN2C. The predicted octanol–water partition coefficient (Wildman–Crippen LogP) is 2.05. The molecule has 0 saturated heterocycles. The molecular weight excluding hydrogens is 228 g/mol. The van der Waals surface area contributed by atoms with Crippen molar-refractivity contribution >= 4 is 17.3 Å². The summed E-state index contributed by atoms with van der Waals surface area (Å²) in [6.07, 6.45) is 0. The normalized spacial score (nSPS) is 13.8. The molecule has 0 atom stereocenters. The van der Waals surface area contributed by atoms with Crippen LogP contribution in [0.5, 0.6) is 11.5 Å². The maximum absolute atomic E-state index is 9.13. The highest BCUT2D eigenvalue weighted by Crippen LogP contribution is 2.43. The van der Waals surface area contributed by atoms with Crippen LogP contribution in [-0.2, 0) is 0 Å². The van der Waals surface area contributed by atoms with Crippen molar-refractivity contribution in [3.8, 4) is 17.6 Å². The van der Waals surface area contributed by atoms with E-state index in [2.05, 4.69) is 6.07 Å². The lowest BCUT2D eigenvalue weighted by Gasteiger charge is -2.29. The molecule has 0 spiro atoms. The fourth-order valence-corrected chi connectivity index (χ4v) is 2.01. The van der Waals surface area contributed by atoms with Crippen LogP contribution in [0.25, 0.3) is 0 Å². The van der Waals surface area contributed by atoms with Crippen LogP contribution in [0.3, 0.4) is 0 Å². The number of hydrogen-bond donors (Lipinski definition) is 0. The molecular formula is C11H11ClN2O2. The highest BCUT2D eigenvalue weighted by molar-refractivity contribution is 6.32. The van der Waals surface area contributed by atoms with Gasteiger partial charge in [-0.1, -0.05) is 11.6 Å². The molecule has 0 saturated carbocycles. The number of fused-ring (bicyclic) bond motifs is 1. The van der Waals surface area contributed by atoms with Crippen LogP contribution in [-0.4, -0.2) is 27.3 Å². The van der Waals surface area contributed by atoms with Gasteiger partial charge in [-0.15, -0.1) is 0 Å². The van der Waals surface area contributed by atoms with Gasteiger partial charge in [-0.05, 0) is 6.07 Å². The molecule has 16 heavy (non-hydrogen) atoms. The van der Waals surface area contributed by atoms with Gasteiger partial charge in [0.05, 0.1) is 24.4 Å². The van der Waals surface area contributed by atoms with Crippen LogP contribution in [0.2, 0.25) is 5.02 Å². The molecule has 1 aliphatic heterocycles. The van der Waals surface area contributed by atoms with E-state index in [1.54, 1.807) is 6.07 Å². The van der Waals surface area contributed by atoms with Crippen LogP contribution in [0.1, 0.15) is 5.56 Å². The number of methoxy groups -OCH3 is 1. The van der Waals surface area contributed by atoms with E-state index in [4.69, 9.17) is 26.3 Å². The molecule has 0 radical (unpaired) electrons. The summed E-state index contributed by atoms with van der Waals surface area (Å²) in [6.45, 7) is 1.34. The highest BCUT2D eigenvalue weighted by Gasteiger charge is 2.24. The molecule has 2 rings (SSSR count). The maximum atomic E-state index is 9.13. The molecule has 5 heteroatoms. The third-order valence-corrected chi connectivity index (χ3v) is 2.85. The number of nitrogens with zero attached hydrogens (tertiary/aromatic N) is 2. The standard InChI is InChI=1S/C11H11ClN2O2/c1-14-3-4-16-11-7(6-13)10(15-2)8(12)5-9(11)14/h5H,3-4H2,1-2H3. The van der Waals surface area contributed by atoms with Crippen LogP contribution in [0.4, 0.5) is 5.69 Å². The van der Waals surface area contributed by atoms with Gasteiger partial charge in [0.25, 0.3) is 0 Å². The molecule has 0 N–H and O–H groups in total. The Morgan fingerprint density at radius 3 is 3.00 bits per heavy atom. The van der Waals surface area contributed by atoms with Crippen molar-refractivity contribution in [2.45, 2.75) is 0 Å². The summed E-state index contributed by atoms with van der Waals surface area (Å²) in [5.74, 6) is 0.927. The number of likely N-dealkylation sites (N-methyl/N-ethyl adjacent to an activating group) is 1. The molecule has 0 bridgehead atoms. The van der Waals surface area contributed by atoms with Gasteiger partial charge in [0.15, 0.2) is 11.5 Å². The zero-order chi connectivity index (χ0) is 11.7. The lowest BCUT2D eigenvalue weighted by molar-refractivity contribution is 0.307. The first-order chi connectivity index (χ1) is 7.69. The van der Waals surface area contributed by atoms with Crippen molar-refractivity contribution in [1.29, 1.82) is 5.26 Å². The summed E-state index contributed by atoms with van der Waals surface area (Å²) in [6, 6.07) is 3.83. The smallest absolute Gasteiger partial charge is 0.164 e. The van der Waals surface area contributed by atoms with Crippen LogP contribution in [0, 0.1) is 11.3 Å². The molecule has 1 aliphatic rings. The molecule has 0 aliphatic carbocycles. The number of halogens is 1. The van der Waals surface area contributed by atoms with Crippen molar-refractivity contribution in [3.63, 3.8) is 0 Å². The summed E-state index contributed by atoms with van der Waals surface area (Å²) in [5.41, 5.74) is 1.19. The lowest BCUT2D eigenvalue weighted by Crippen LogP contribution is -2.29. The second-order valence-electron chi connectivity index (χ2n) is 3.50. The van der Waals surface area contributed by atoms with Crippen molar-refractivity contribution in [2.75, 3.05) is 32.2 Å². The molecule has 84 valence electrons. The molecule has 0 unspecified atom stereocenters. The number of rotatable bonds is 1. The fourth-order valence-electron chi connectivity index (χ4n) is 1.74. The summed E-state index contributed by atoms with van der Waals surface area (Å²) in [7, 11) is 3.42. The van der Waals surface area contributed by atoms with E-state index in [9.17, 15) is 0 Å². The predicted molar refractivity (Wildman–Crippen MR) is 61.5 cm³/mol. The fraction of sp³-hybridized carbons (Fsp3) is 0.364. The topological polar surface area (TPSA) is 45.5 Å². The van der Waals surface area contributed by atoms with E-state index < -0.39 is 0 Å². The zero-order valence-electron chi connectivity index (χ0n) is 9.08. The Bertz CT molecular complexity index is 468. The molecule has 1 aromatic rings. The molecule has 1 heterocycles. The Morgan fingerprint density at radius 2 is 2.38 bits per heavy atom. The Morgan fingerprint density at radius 1 is 1.62 bits per heavy atom. The Labute approximate surface area is 98.9 Å². The van der Waals surface area contributed by atoms with Crippen molar-refractivity contribution in [3.05, 3.63) is 16.7 Å². The van der Waals surface area contributed by atoms with Gasteiger partial charge in [0, 0.05) is 7.05 Å². The summed E-state index contributed by atoms with van der Waals surface area (Å²) < 4.78 is 10.6. The summed E-state index contributed by atoms with van der Waals surface area (Å²) in [4.78, 5) is 2.00. The van der Waals surface area contributed by atoms with Crippen LogP contribution in [0.15, 0.2) is 6.07 Å². The van der Waals surface area contributed by atoms with E-state index in [1.165, 1.54) is 7.11 Å². The van der Waals surface area contributed by atoms with Gasteiger partial charge < -0.3 is 14.4 Å². The largest absolute Gasteiger partial charge is 0.494 e. The molecule has 4 nitrogen and oxygen atoms in total. The van der Waals surface area contributed by atoms with E-state index in [-0.39, 0.29) is 0 Å². The van der Waals surface area contributed by atoms with Gasteiger partial charge in [-0.25, -0.2) is 0 Å². The minimum absolute atomic E-state index is 0.358. The van der Waals surface area contributed by atoms with Crippen molar-refractivity contribution in [2.24, 2.45) is 0 Å². The number of ether oxygens (including phenoxy) is 2. The first kappa shape index (κ1) is 10.9. The lowest BCUT2D eigenvalue weighted by atomic mass is 10.1. The monoisotopic (exact) mass is 238 g/mol. The first-order valence-corrected chi connectivity index (χ1v) is 5.21. The summed E-state index contributed by atoms with van der Waals surface area (Å²) in [5, 5.41) is 9.56. The molecule has 0 amide bonds. The Balaban J connectivity index is 2.69. The number of hydrogen-bond acceptors (Lipinski definition) is 4. The van der Waals surface area contributed by atoms with E-state index in [0.717, 1.165) is 12.2 Å². The average Bonchev–Trinajstić information content (AvgIpc) is 2.28. The minimum Gasteiger partial charge on any atom is -0.494 e. The van der Waals surface area contributed by atoms with E-state index in [1.807, 2.05) is 11.9 Å². The second-order valence-corrected chi connectivity index (χ2v) is 3.90. The Hall–Kier alpha value is -1.60. The zero-order valence-corrected chi connectivity index (χ0v) is 9.84. The number of benzene rings is 1. The average molecular weight is 239 g/mol. The third-order valence-electron chi connectivity index (χ3n) is 2.57. The maximum Gasteiger partial charge on any atom is 0.164 e. The quantitative estimate of drug-likeness (QED) is 0.751. The third kappa shape index (κ3) is 1.54. The van der Waals surface area contributed by atoms with Crippen LogP contribution >= 0.6 is 11.6 Å². The van der Waals surface area contributed by atoms with Gasteiger partial charge in [0.1, 0.15) is 18.2 Å². The van der Waals surface area contributed by atoms with Crippen molar-refractivity contribution < 1.29 is 9.47 Å². The van der Waals surface area contributed by atoms with Gasteiger partial charge in [-0.3, -0.25) is 0 Å². The van der Waals surface area contributed by atoms with Crippen LogP contribution < -0.4 is 14.4 Å². The second kappa shape index (κ2) is 4.11. The van der Waals surface area contributed by atoms with E-state index in [0.29, 0.717) is 28.7 Å². The highest BCUT2D eigenvalue weighted by atomic mass is 35.5. The van der Waals surface area contributed by atoms with E-state index >= 15 is 0 Å². The van der Waals surface area contributed by atoms with Gasteiger partial charge >= 0.3 is 0 Å². The Kier molecular flexibility index (Phi) is 2.80. The first-order valence-electron chi connectivity index (χ1n) is 4.83. The number of nitriles is 1. The van der Waals surface area contributed by atoms with Crippen molar-refractivity contribution in [1.82, 2.24) is 0 Å². The van der Waals surface area contributed by atoms with Gasteiger partial charge in [-0.2, -0.15) is 5.26 Å². The number of anilines is 1. The molecule has 1 aromatic carbocycles. The molecule has 0 aromatic heterocycles.